The van der Waals surface area contributed by atoms with Gasteiger partial charge in [-0.1, -0.05) is 5.16 Å². The Morgan fingerprint density at radius 2 is 1.95 bits per heavy atom. The molecule has 0 unspecified atom stereocenters. The van der Waals surface area contributed by atoms with E-state index in [9.17, 15) is 9.59 Å². The Morgan fingerprint density at radius 1 is 1.29 bits per heavy atom. The molecule has 9 nitrogen and oxygen atoms in total. The second-order valence-electron chi connectivity index (χ2n) is 4.69. The summed E-state index contributed by atoms with van der Waals surface area (Å²) in [5.74, 6) is 0.807. The predicted molar refractivity (Wildman–Crippen MR) is 71.1 cm³/mol. The summed E-state index contributed by atoms with van der Waals surface area (Å²) in [7, 11) is 1.54. The molecule has 0 saturated carbocycles. The molecule has 1 fully saturated rings. The number of carbonyl (C=O) groups is 2. The Bertz CT molecular complexity index is 496. The van der Waals surface area contributed by atoms with E-state index in [-0.39, 0.29) is 25.1 Å². The summed E-state index contributed by atoms with van der Waals surface area (Å²) < 4.78 is 9.85. The fraction of sp³-hybridized carbons (Fsp3) is 0.667. The molecule has 1 aromatic rings. The minimum Gasteiger partial charge on any atom is -0.377 e. The van der Waals surface area contributed by atoms with Crippen LogP contribution >= 0.6 is 0 Å². The lowest BCUT2D eigenvalue weighted by atomic mass is 10.3. The average molecular weight is 297 g/mol. The molecule has 0 spiro atoms. The Balaban J connectivity index is 1.75. The first kappa shape index (κ1) is 15.2. The molecule has 1 aliphatic heterocycles. The lowest BCUT2D eigenvalue weighted by molar-refractivity contribution is -0.130. The number of nitrogens with one attached hydrogen (secondary N) is 1. The SMILES string of the molecule is COCc1noc(CNC(=O)N2CCN(C(C)=O)CC2)n1. The summed E-state index contributed by atoms with van der Waals surface area (Å²) in [6.07, 6.45) is 0. The van der Waals surface area contributed by atoms with Crippen LogP contribution in [-0.2, 0) is 22.7 Å². The smallest absolute Gasteiger partial charge is 0.317 e. The first-order chi connectivity index (χ1) is 10.1. The number of aromatic nitrogens is 2. The summed E-state index contributed by atoms with van der Waals surface area (Å²) >= 11 is 0. The van der Waals surface area contributed by atoms with Crippen molar-refractivity contribution < 1.29 is 18.8 Å². The van der Waals surface area contributed by atoms with E-state index < -0.39 is 0 Å². The van der Waals surface area contributed by atoms with E-state index in [4.69, 9.17) is 9.26 Å². The summed E-state index contributed by atoms with van der Waals surface area (Å²) in [5, 5.41) is 6.42. The number of piperazine rings is 1. The number of methoxy groups -OCH3 is 1. The van der Waals surface area contributed by atoms with Crippen molar-refractivity contribution in [1.82, 2.24) is 25.3 Å². The third-order valence-corrected chi connectivity index (χ3v) is 3.19. The maximum Gasteiger partial charge on any atom is 0.317 e. The van der Waals surface area contributed by atoms with Crippen LogP contribution in [0.15, 0.2) is 4.52 Å². The molecule has 0 radical (unpaired) electrons. The first-order valence-electron chi connectivity index (χ1n) is 6.69. The molecule has 3 amide bonds. The molecule has 0 atom stereocenters. The third kappa shape index (κ3) is 4.15. The molecule has 2 rings (SSSR count). The Morgan fingerprint density at radius 3 is 2.57 bits per heavy atom. The van der Waals surface area contributed by atoms with Gasteiger partial charge in [-0.15, -0.1) is 0 Å². The Kier molecular flexibility index (Phi) is 5.09. The molecule has 0 aromatic carbocycles. The standard InChI is InChI=1S/C12H19N5O4/c1-9(18)16-3-5-17(6-4-16)12(19)13-7-11-14-10(8-20-2)15-21-11/h3-8H2,1-2H3,(H,13,19). The van der Waals surface area contributed by atoms with Gasteiger partial charge in [0.1, 0.15) is 6.61 Å². The van der Waals surface area contributed by atoms with Gasteiger partial charge in [-0.2, -0.15) is 4.98 Å². The number of hydrogen-bond donors (Lipinski definition) is 1. The van der Waals surface area contributed by atoms with Crippen LogP contribution in [-0.4, -0.2) is 65.2 Å². The predicted octanol–water partition coefficient (Wildman–Crippen LogP) is -0.410. The van der Waals surface area contributed by atoms with Crippen LogP contribution in [0.2, 0.25) is 0 Å². The molecule has 21 heavy (non-hydrogen) atoms. The number of hydrogen-bond acceptors (Lipinski definition) is 6. The maximum absolute atomic E-state index is 12.0. The fourth-order valence-corrected chi connectivity index (χ4v) is 2.04. The molecule has 1 aliphatic rings. The summed E-state index contributed by atoms with van der Waals surface area (Å²) in [5.41, 5.74) is 0. The van der Waals surface area contributed by atoms with Crippen molar-refractivity contribution in [2.45, 2.75) is 20.1 Å². The molecule has 1 N–H and O–H groups in total. The van der Waals surface area contributed by atoms with E-state index in [0.29, 0.717) is 37.9 Å². The van der Waals surface area contributed by atoms with E-state index in [1.54, 1.807) is 16.9 Å². The van der Waals surface area contributed by atoms with Crippen LogP contribution in [0.3, 0.4) is 0 Å². The quantitative estimate of drug-likeness (QED) is 0.811. The Hall–Kier alpha value is -2.16. The largest absolute Gasteiger partial charge is 0.377 e. The normalized spacial score (nSPS) is 15.1. The highest BCUT2D eigenvalue weighted by atomic mass is 16.5. The van der Waals surface area contributed by atoms with Gasteiger partial charge in [-0.3, -0.25) is 4.79 Å². The molecule has 1 saturated heterocycles. The van der Waals surface area contributed by atoms with Crippen molar-refractivity contribution >= 4 is 11.9 Å². The van der Waals surface area contributed by atoms with Gasteiger partial charge in [0, 0.05) is 40.2 Å². The number of rotatable bonds is 4. The van der Waals surface area contributed by atoms with E-state index in [1.165, 1.54) is 6.92 Å². The highest BCUT2D eigenvalue weighted by Gasteiger charge is 2.22. The molecular weight excluding hydrogens is 278 g/mol. The minimum atomic E-state index is -0.204. The summed E-state index contributed by atoms with van der Waals surface area (Å²) in [4.78, 5) is 30.6. The van der Waals surface area contributed by atoms with Crippen molar-refractivity contribution in [1.29, 1.82) is 0 Å². The van der Waals surface area contributed by atoms with Crippen LogP contribution in [0.25, 0.3) is 0 Å². The number of carbonyl (C=O) groups excluding carboxylic acids is 2. The Labute approximate surface area is 122 Å². The number of amides is 3. The third-order valence-electron chi connectivity index (χ3n) is 3.19. The first-order valence-corrected chi connectivity index (χ1v) is 6.69. The summed E-state index contributed by atoms with van der Waals surface area (Å²) in [6, 6.07) is -0.204. The lowest BCUT2D eigenvalue weighted by Gasteiger charge is -2.34. The van der Waals surface area contributed by atoms with E-state index in [0.717, 1.165) is 0 Å². The van der Waals surface area contributed by atoms with Gasteiger partial charge in [-0.25, -0.2) is 4.79 Å². The van der Waals surface area contributed by atoms with Crippen LogP contribution < -0.4 is 5.32 Å². The average Bonchev–Trinajstić information content (AvgIpc) is 2.93. The zero-order valence-corrected chi connectivity index (χ0v) is 12.2. The molecule has 1 aromatic heterocycles. The van der Waals surface area contributed by atoms with Crippen LogP contribution in [0.1, 0.15) is 18.6 Å². The zero-order chi connectivity index (χ0) is 15.2. The second-order valence-corrected chi connectivity index (χ2v) is 4.69. The molecule has 2 heterocycles. The molecular formula is C12H19N5O4. The fourth-order valence-electron chi connectivity index (χ4n) is 2.04. The number of nitrogens with zero attached hydrogens (tertiary/aromatic N) is 4. The highest BCUT2D eigenvalue weighted by Crippen LogP contribution is 2.03. The molecule has 9 heteroatoms. The topological polar surface area (TPSA) is 101 Å². The lowest BCUT2D eigenvalue weighted by Crippen LogP contribution is -2.52. The van der Waals surface area contributed by atoms with Gasteiger partial charge in [0.2, 0.25) is 11.8 Å². The van der Waals surface area contributed by atoms with Gasteiger partial charge < -0.3 is 24.4 Å². The minimum absolute atomic E-state index is 0.0339. The van der Waals surface area contributed by atoms with Gasteiger partial charge in [0.25, 0.3) is 0 Å². The van der Waals surface area contributed by atoms with Crippen LogP contribution in [0.5, 0.6) is 0 Å². The monoisotopic (exact) mass is 297 g/mol. The zero-order valence-electron chi connectivity index (χ0n) is 12.2. The number of ether oxygens (including phenoxy) is 1. The number of urea groups is 1. The highest BCUT2D eigenvalue weighted by molar-refractivity contribution is 5.76. The van der Waals surface area contributed by atoms with Gasteiger partial charge in [0.15, 0.2) is 5.82 Å². The van der Waals surface area contributed by atoms with Gasteiger partial charge in [-0.05, 0) is 0 Å². The van der Waals surface area contributed by atoms with E-state index >= 15 is 0 Å². The summed E-state index contributed by atoms with van der Waals surface area (Å²) in [6.45, 7) is 4.12. The van der Waals surface area contributed by atoms with Crippen LogP contribution in [0, 0.1) is 0 Å². The van der Waals surface area contributed by atoms with E-state index in [1.807, 2.05) is 0 Å². The van der Waals surface area contributed by atoms with Crippen molar-refractivity contribution in [2.24, 2.45) is 0 Å². The van der Waals surface area contributed by atoms with Crippen molar-refractivity contribution in [3.63, 3.8) is 0 Å². The van der Waals surface area contributed by atoms with E-state index in [2.05, 4.69) is 15.5 Å². The maximum atomic E-state index is 12.0. The van der Waals surface area contributed by atoms with Crippen LogP contribution in [0.4, 0.5) is 4.79 Å². The molecule has 0 aliphatic carbocycles. The second kappa shape index (κ2) is 7.02. The molecule has 0 bridgehead atoms. The van der Waals surface area contributed by atoms with Crippen molar-refractivity contribution in [2.75, 3.05) is 33.3 Å². The van der Waals surface area contributed by atoms with Crippen molar-refractivity contribution in [3.05, 3.63) is 11.7 Å². The van der Waals surface area contributed by atoms with Crippen molar-refractivity contribution in [3.8, 4) is 0 Å². The van der Waals surface area contributed by atoms with Gasteiger partial charge >= 0.3 is 6.03 Å². The van der Waals surface area contributed by atoms with Gasteiger partial charge in [0.05, 0.1) is 6.54 Å². The molecule has 116 valence electrons.